The van der Waals surface area contributed by atoms with Gasteiger partial charge >= 0.3 is 15.2 Å². The molecule has 14 heteroatoms. The van der Waals surface area contributed by atoms with E-state index in [4.69, 9.17) is 37.0 Å². The van der Waals surface area contributed by atoms with Gasteiger partial charge in [-0.15, -0.1) is 0 Å². The number of benzene rings is 2. The average Bonchev–Trinajstić information content (AvgIpc) is 2.95. The van der Waals surface area contributed by atoms with Crippen LogP contribution in [0.2, 0.25) is 0 Å². The highest BCUT2D eigenvalue weighted by Crippen LogP contribution is 2.56. The van der Waals surface area contributed by atoms with E-state index < -0.39 is 49.2 Å². The minimum atomic E-state index is -3.78. The van der Waals surface area contributed by atoms with Crippen molar-refractivity contribution in [2.75, 3.05) is 25.7 Å². The molecule has 0 N–H and O–H groups in total. The second kappa shape index (κ2) is 17.5. The minimum Gasteiger partial charge on any atom is -0.462 e. The van der Waals surface area contributed by atoms with Gasteiger partial charge in [0.2, 0.25) is 11.6 Å². The van der Waals surface area contributed by atoms with Gasteiger partial charge in [0.25, 0.3) is 0 Å². The highest BCUT2D eigenvalue weighted by atomic mass is 31.2. The second-order valence-corrected chi connectivity index (χ2v) is 24.6. The first kappa shape index (κ1) is 48.8. The van der Waals surface area contributed by atoms with Gasteiger partial charge in [-0.05, 0) is 96.9 Å². The smallest absolute Gasteiger partial charge is 0.345 e. The normalized spacial score (nSPS) is 17.5. The Hall–Kier alpha value is -1.82. The van der Waals surface area contributed by atoms with Gasteiger partial charge in [0.1, 0.15) is 24.1 Å². The van der Waals surface area contributed by atoms with E-state index in [1.807, 2.05) is 125 Å². The molecule has 2 heterocycles. The molecule has 2 aliphatic heterocycles. The van der Waals surface area contributed by atoms with E-state index in [1.165, 1.54) is 0 Å². The number of aryl methyl sites for hydroxylation is 2. The van der Waals surface area contributed by atoms with Crippen molar-refractivity contribution in [3.05, 3.63) is 57.6 Å². The number of nitrogens with zero attached hydrogens (tertiary/aromatic N) is 2. The van der Waals surface area contributed by atoms with Crippen molar-refractivity contribution >= 4 is 15.2 Å². The van der Waals surface area contributed by atoms with Crippen molar-refractivity contribution in [1.82, 2.24) is 9.80 Å². The molecule has 4 rings (SSSR count). The molecule has 0 unspecified atom stereocenters. The largest absolute Gasteiger partial charge is 0.462 e. The number of rotatable bonds is 15. The first-order chi connectivity index (χ1) is 26.1. The van der Waals surface area contributed by atoms with Crippen LogP contribution >= 0.6 is 15.2 Å². The SMILES string of the molecule is Cc1cc2c(c(CN(CCN(Cc3cc(C)cc4c3OC(C)(C)OC4)CP(=O)(OC(C)(C)C)OC(C)(C)C)CP(=O)(OC(C)(C)C)OC(C)(C)C)c1)OC(C)(C)OC2. The molecule has 2 aliphatic rings. The third-order valence-electron chi connectivity index (χ3n) is 8.54. The van der Waals surface area contributed by atoms with Crippen LogP contribution in [-0.4, -0.2) is 69.4 Å². The zero-order valence-electron chi connectivity index (χ0n) is 38.8. The molecule has 0 spiro atoms. The first-order valence-corrected chi connectivity index (χ1v) is 23.9. The summed E-state index contributed by atoms with van der Waals surface area (Å²) in [5.41, 5.74) is 2.84. The van der Waals surface area contributed by atoms with Gasteiger partial charge in [0, 0.05) is 76.1 Å². The lowest BCUT2D eigenvalue weighted by Gasteiger charge is -2.38. The maximum absolute atomic E-state index is 15.0. The fraction of sp³-hybridized carbons (Fsp3) is 0.727. The van der Waals surface area contributed by atoms with E-state index in [-0.39, 0.29) is 12.6 Å². The lowest BCUT2D eigenvalue weighted by Crippen LogP contribution is -2.40. The van der Waals surface area contributed by atoms with Crippen LogP contribution < -0.4 is 9.47 Å². The van der Waals surface area contributed by atoms with Crippen LogP contribution in [0, 0.1) is 13.8 Å². The molecule has 330 valence electrons. The van der Waals surface area contributed by atoms with Crippen molar-refractivity contribution in [3.8, 4) is 11.5 Å². The summed E-state index contributed by atoms with van der Waals surface area (Å²) in [7, 11) is -7.56. The predicted octanol–water partition coefficient (Wildman–Crippen LogP) is 11.5. The fourth-order valence-electron chi connectivity index (χ4n) is 7.10. The number of fused-ring (bicyclic) bond motifs is 2. The van der Waals surface area contributed by atoms with Crippen molar-refractivity contribution in [2.45, 2.75) is 185 Å². The summed E-state index contributed by atoms with van der Waals surface area (Å²) in [6.45, 7) is 36.5. The maximum atomic E-state index is 15.0. The van der Waals surface area contributed by atoms with Crippen LogP contribution in [0.3, 0.4) is 0 Å². The van der Waals surface area contributed by atoms with Crippen molar-refractivity contribution in [3.63, 3.8) is 0 Å². The van der Waals surface area contributed by atoms with Gasteiger partial charge < -0.3 is 37.0 Å². The van der Waals surface area contributed by atoms with Crippen LogP contribution in [0.5, 0.6) is 11.5 Å². The monoisotopic (exact) mass is 852 g/mol. The van der Waals surface area contributed by atoms with Crippen LogP contribution in [-0.2, 0) is 63.0 Å². The van der Waals surface area contributed by atoms with Crippen LogP contribution in [0.4, 0.5) is 0 Å². The Morgan fingerprint density at radius 2 is 0.845 bits per heavy atom. The highest BCUT2D eigenvalue weighted by Gasteiger charge is 2.41. The summed E-state index contributed by atoms with van der Waals surface area (Å²) in [5.74, 6) is -0.146. The summed E-state index contributed by atoms with van der Waals surface area (Å²) in [6.07, 6.45) is -0.0256. The molecule has 12 nitrogen and oxygen atoms in total. The molecule has 0 aromatic heterocycles. The summed E-state index contributed by atoms with van der Waals surface area (Å²) >= 11 is 0. The van der Waals surface area contributed by atoms with E-state index in [9.17, 15) is 9.13 Å². The molecule has 0 fully saturated rings. The quantitative estimate of drug-likeness (QED) is 0.159. The Balaban J connectivity index is 1.83. The fourth-order valence-corrected chi connectivity index (χ4v) is 12.2. The lowest BCUT2D eigenvalue weighted by atomic mass is 10.0. The zero-order chi connectivity index (χ0) is 43.9. The Bertz CT molecular complexity index is 1680. The minimum absolute atomic E-state index is 0.0128. The van der Waals surface area contributed by atoms with Gasteiger partial charge in [-0.1, -0.05) is 35.4 Å². The maximum Gasteiger partial charge on any atom is 0.345 e. The van der Waals surface area contributed by atoms with Gasteiger partial charge in [0.15, 0.2) is 0 Å². The van der Waals surface area contributed by atoms with E-state index in [2.05, 4.69) is 34.1 Å². The molecular weight excluding hydrogens is 778 g/mol. The van der Waals surface area contributed by atoms with Gasteiger partial charge in [-0.2, -0.15) is 0 Å². The van der Waals surface area contributed by atoms with Crippen LogP contribution in [0.25, 0.3) is 0 Å². The lowest BCUT2D eigenvalue weighted by molar-refractivity contribution is -0.181. The van der Waals surface area contributed by atoms with Crippen LogP contribution in [0.1, 0.15) is 144 Å². The van der Waals surface area contributed by atoms with Gasteiger partial charge in [0.05, 0.1) is 35.6 Å². The third kappa shape index (κ3) is 15.6. The Kier molecular flexibility index (Phi) is 14.7. The summed E-state index contributed by atoms with van der Waals surface area (Å²) in [4.78, 5) is 4.18. The van der Waals surface area contributed by atoms with E-state index in [1.54, 1.807) is 0 Å². The molecule has 0 saturated heterocycles. The molecule has 0 atom stereocenters. The predicted molar refractivity (Wildman–Crippen MR) is 230 cm³/mol. The molecule has 0 saturated carbocycles. The first-order valence-electron chi connectivity index (χ1n) is 20.5. The van der Waals surface area contributed by atoms with E-state index in [0.717, 1.165) is 44.9 Å². The molecule has 2 aromatic carbocycles. The number of hydrogen-bond donors (Lipinski definition) is 0. The summed E-state index contributed by atoms with van der Waals surface area (Å²) < 4.78 is 80.3. The standard InChI is InChI=1S/C44H74N2O10P2/c1-31-21-33(37-35(23-31)27-49-43(15,16)51-37)25-45(29-57(47,53-39(3,4)5)54-40(6,7)8)19-20-46(30-58(48,55-41(9,10)11)56-42(12,13)14)26-34-22-32(2)24-36-28-50-44(17,18)52-38(34)36/h21-24H,19-20,25-30H2,1-18H3. The molecule has 0 aliphatic carbocycles. The number of ether oxygens (including phenoxy) is 4. The van der Waals surface area contributed by atoms with Crippen LogP contribution in [0.15, 0.2) is 24.3 Å². The highest BCUT2D eigenvalue weighted by molar-refractivity contribution is 7.54. The molecule has 0 radical (unpaired) electrons. The second-order valence-electron chi connectivity index (χ2n) is 20.8. The third-order valence-corrected chi connectivity index (χ3v) is 13.3. The van der Waals surface area contributed by atoms with Crippen molar-refractivity contribution in [1.29, 1.82) is 0 Å². The van der Waals surface area contributed by atoms with E-state index in [0.29, 0.717) is 39.4 Å². The van der Waals surface area contributed by atoms with Crippen molar-refractivity contribution < 1.29 is 46.2 Å². The van der Waals surface area contributed by atoms with Crippen molar-refractivity contribution in [2.24, 2.45) is 0 Å². The molecule has 0 amide bonds. The summed E-state index contributed by atoms with van der Waals surface area (Å²) in [5, 5.41) is 0. The Labute approximate surface area is 350 Å². The molecule has 58 heavy (non-hydrogen) atoms. The molecule has 0 bridgehead atoms. The van der Waals surface area contributed by atoms with E-state index >= 15 is 0 Å². The average molecular weight is 853 g/mol. The molecule has 2 aromatic rings. The molecular formula is C44H74N2O10P2. The Morgan fingerprint density at radius 3 is 1.12 bits per heavy atom. The number of hydrogen-bond acceptors (Lipinski definition) is 12. The zero-order valence-corrected chi connectivity index (χ0v) is 40.6. The summed E-state index contributed by atoms with van der Waals surface area (Å²) in [6, 6.07) is 8.37. The van der Waals surface area contributed by atoms with Gasteiger partial charge in [-0.25, -0.2) is 0 Å². The Morgan fingerprint density at radius 1 is 0.552 bits per heavy atom. The topological polar surface area (TPSA) is 114 Å². The van der Waals surface area contributed by atoms with Gasteiger partial charge in [-0.3, -0.25) is 18.9 Å².